The Labute approximate surface area is 124 Å². The Kier molecular flexibility index (Phi) is 5.62. The largest absolute Gasteiger partial charge is 0.271 e. The van der Waals surface area contributed by atoms with Gasteiger partial charge in [0.2, 0.25) is 0 Å². The number of hydrogen-bond acceptors (Lipinski definition) is 2. The highest BCUT2D eigenvalue weighted by molar-refractivity contribution is 5.29. The highest BCUT2D eigenvalue weighted by Gasteiger charge is 2.42. The Morgan fingerprint density at radius 3 is 2.20 bits per heavy atom. The van der Waals surface area contributed by atoms with E-state index >= 15 is 0 Å². The molecular weight excluding hydrogens is 244 g/mol. The van der Waals surface area contributed by atoms with Gasteiger partial charge < -0.3 is 0 Å². The van der Waals surface area contributed by atoms with Crippen LogP contribution in [0.1, 0.15) is 64.4 Å². The van der Waals surface area contributed by atoms with Crippen LogP contribution in [0.2, 0.25) is 0 Å². The van der Waals surface area contributed by atoms with Crippen LogP contribution in [0, 0.1) is 5.92 Å². The summed E-state index contributed by atoms with van der Waals surface area (Å²) in [5.74, 6) is 6.76. The van der Waals surface area contributed by atoms with E-state index in [2.05, 4.69) is 49.6 Å². The van der Waals surface area contributed by atoms with E-state index in [0.29, 0.717) is 6.04 Å². The van der Waals surface area contributed by atoms with Gasteiger partial charge in [-0.2, -0.15) is 0 Å². The molecule has 0 heterocycles. The Balaban J connectivity index is 2.26. The molecule has 1 fully saturated rings. The molecule has 0 radical (unpaired) electrons. The van der Waals surface area contributed by atoms with Gasteiger partial charge in [0.05, 0.1) is 0 Å². The first-order valence-electron chi connectivity index (χ1n) is 8.28. The molecule has 112 valence electrons. The minimum absolute atomic E-state index is 0.249. The van der Waals surface area contributed by atoms with E-state index in [1.165, 1.54) is 50.5 Å². The van der Waals surface area contributed by atoms with Gasteiger partial charge in [0.1, 0.15) is 0 Å². The van der Waals surface area contributed by atoms with Crippen LogP contribution in [-0.2, 0) is 5.41 Å². The highest BCUT2D eigenvalue weighted by Crippen LogP contribution is 2.45. The number of benzene rings is 1. The van der Waals surface area contributed by atoms with E-state index in [4.69, 9.17) is 5.84 Å². The maximum atomic E-state index is 5.98. The summed E-state index contributed by atoms with van der Waals surface area (Å²) in [6.07, 6.45) is 8.89. The van der Waals surface area contributed by atoms with E-state index in [1.54, 1.807) is 0 Å². The van der Waals surface area contributed by atoms with Gasteiger partial charge in [-0.25, -0.2) is 0 Å². The molecule has 3 N–H and O–H groups in total. The van der Waals surface area contributed by atoms with Crippen molar-refractivity contribution in [1.82, 2.24) is 5.43 Å². The Morgan fingerprint density at radius 1 is 1.10 bits per heavy atom. The first kappa shape index (κ1) is 15.5. The fourth-order valence-electron chi connectivity index (χ4n) is 4.02. The molecule has 1 aromatic rings. The number of hydrazine groups is 1. The molecule has 1 aliphatic carbocycles. The first-order valence-corrected chi connectivity index (χ1v) is 8.28. The van der Waals surface area contributed by atoms with Crippen molar-refractivity contribution in [1.29, 1.82) is 0 Å². The quantitative estimate of drug-likeness (QED) is 0.579. The predicted octanol–water partition coefficient (Wildman–Crippen LogP) is 4.16. The van der Waals surface area contributed by atoms with Crippen LogP contribution in [-0.4, -0.2) is 6.04 Å². The Hall–Kier alpha value is -0.860. The molecule has 0 amide bonds. The van der Waals surface area contributed by atoms with Gasteiger partial charge in [0.25, 0.3) is 0 Å². The number of nitrogens with one attached hydrogen (secondary N) is 1. The second kappa shape index (κ2) is 7.24. The zero-order valence-corrected chi connectivity index (χ0v) is 13.1. The lowest BCUT2D eigenvalue weighted by Gasteiger charge is -2.39. The SMILES string of the molecule is CCC(CC)CC(NN)C1(c2ccccc2)CCCC1. The third-order valence-corrected chi connectivity index (χ3v) is 5.44. The third-order valence-electron chi connectivity index (χ3n) is 5.44. The van der Waals surface area contributed by atoms with Gasteiger partial charge in [-0.3, -0.25) is 11.3 Å². The smallest absolute Gasteiger partial charge is 0.0309 e. The van der Waals surface area contributed by atoms with Gasteiger partial charge in [0, 0.05) is 11.5 Å². The fourth-order valence-corrected chi connectivity index (χ4v) is 4.02. The lowest BCUT2D eigenvalue weighted by Crippen LogP contribution is -2.51. The van der Waals surface area contributed by atoms with Crippen molar-refractivity contribution in [2.75, 3.05) is 0 Å². The molecule has 0 saturated heterocycles. The van der Waals surface area contributed by atoms with Gasteiger partial charge in [0.15, 0.2) is 0 Å². The van der Waals surface area contributed by atoms with Gasteiger partial charge in [-0.15, -0.1) is 0 Å². The molecule has 0 bridgehead atoms. The van der Waals surface area contributed by atoms with Crippen molar-refractivity contribution >= 4 is 0 Å². The first-order chi connectivity index (χ1) is 9.76. The maximum Gasteiger partial charge on any atom is 0.0309 e. The summed E-state index contributed by atoms with van der Waals surface area (Å²) in [6, 6.07) is 11.4. The van der Waals surface area contributed by atoms with Gasteiger partial charge >= 0.3 is 0 Å². The average Bonchev–Trinajstić information content (AvgIpc) is 3.00. The molecule has 0 aliphatic heterocycles. The molecule has 1 saturated carbocycles. The molecule has 1 aliphatic rings. The van der Waals surface area contributed by atoms with Crippen LogP contribution in [0.3, 0.4) is 0 Å². The molecule has 0 aromatic heterocycles. The zero-order chi connectivity index (χ0) is 14.4. The van der Waals surface area contributed by atoms with Crippen molar-refractivity contribution in [3.8, 4) is 0 Å². The fraction of sp³-hybridized carbons (Fsp3) is 0.667. The summed E-state index contributed by atoms with van der Waals surface area (Å²) in [4.78, 5) is 0. The van der Waals surface area contributed by atoms with Gasteiger partial charge in [-0.05, 0) is 30.7 Å². The third kappa shape index (κ3) is 3.07. The minimum Gasteiger partial charge on any atom is -0.271 e. The van der Waals surface area contributed by atoms with Crippen molar-refractivity contribution in [2.24, 2.45) is 11.8 Å². The van der Waals surface area contributed by atoms with Crippen molar-refractivity contribution < 1.29 is 0 Å². The second-order valence-electron chi connectivity index (χ2n) is 6.37. The van der Waals surface area contributed by atoms with Crippen molar-refractivity contribution in [2.45, 2.75) is 70.3 Å². The number of nitrogens with two attached hydrogens (primary N) is 1. The molecule has 20 heavy (non-hydrogen) atoms. The lowest BCUT2D eigenvalue weighted by atomic mass is 9.70. The maximum absolute atomic E-state index is 5.98. The van der Waals surface area contributed by atoms with Crippen LogP contribution in [0.15, 0.2) is 30.3 Å². The minimum atomic E-state index is 0.249. The molecule has 1 aromatic carbocycles. The van der Waals surface area contributed by atoms with E-state index in [1.807, 2.05) is 0 Å². The summed E-state index contributed by atoms with van der Waals surface area (Å²) in [5, 5.41) is 0. The molecule has 2 nitrogen and oxygen atoms in total. The summed E-state index contributed by atoms with van der Waals surface area (Å²) in [7, 11) is 0. The van der Waals surface area contributed by atoms with Crippen LogP contribution < -0.4 is 11.3 Å². The molecule has 0 spiro atoms. The topological polar surface area (TPSA) is 38.0 Å². The van der Waals surface area contributed by atoms with E-state index < -0.39 is 0 Å². The summed E-state index contributed by atoms with van der Waals surface area (Å²) < 4.78 is 0. The van der Waals surface area contributed by atoms with Crippen LogP contribution in [0.4, 0.5) is 0 Å². The second-order valence-corrected chi connectivity index (χ2v) is 6.37. The Morgan fingerprint density at radius 2 is 1.70 bits per heavy atom. The van der Waals surface area contributed by atoms with Crippen molar-refractivity contribution in [3.05, 3.63) is 35.9 Å². The van der Waals surface area contributed by atoms with E-state index in [0.717, 1.165) is 5.92 Å². The molecule has 2 rings (SSSR count). The van der Waals surface area contributed by atoms with Crippen LogP contribution in [0.25, 0.3) is 0 Å². The standard InChI is InChI=1S/C18H30N2/c1-3-15(4-2)14-17(20-19)18(12-8-9-13-18)16-10-6-5-7-11-16/h5-7,10-11,15,17,20H,3-4,8-9,12-14,19H2,1-2H3. The average molecular weight is 274 g/mol. The summed E-state index contributed by atoms with van der Waals surface area (Å²) in [6.45, 7) is 4.59. The van der Waals surface area contributed by atoms with Crippen molar-refractivity contribution in [3.63, 3.8) is 0 Å². The number of rotatable bonds is 7. The predicted molar refractivity (Wildman–Crippen MR) is 86.4 cm³/mol. The zero-order valence-electron chi connectivity index (χ0n) is 13.1. The molecule has 1 unspecified atom stereocenters. The van der Waals surface area contributed by atoms with Crippen LogP contribution >= 0.6 is 0 Å². The monoisotopic (exact) mass is 274 g/mol. The molecule has 2 heteroatoms. The molecular formula is C18H30N2. The normalized spacial score (nSPS) is 19.4. The van der Waals surface area contributed by atoms with Gasteiger partial charge in [-0.1, -0.05) is 69.9 Å². The lowest BCUT2D eigenvalue weighted by molar-refractivity contribution is 0.243. The highest BCUT2D eigenvalue weighted by atomic mass is 15.2. The van der Waals surface area contributed by atoms with E-state index in [9.17, 15) is 0 Å². The number of hydrogen-bond donors (Lipinski definition) is 2. The summed E-state index contributed by atoms with van der Waals surface area (Å²) in [5.41, 5.74) is 4.91. The summed E-state index contributed by atoms with van der Waals surface area (Å²) >= 11 is 0. The molecule has 1 atom stereocenters. The Bertz CT molecular complexity index is 378. The van der Waals surface area contributed by atoms with Crippen LogP contribution in [0.5, 0.6) is 0 Å². The van der Waals surface area contributed by atoms with E-state index in [-0.39, 0.29) is 5.41 Å².